The van der Waals surface area contributed by atoms with Crippen LogP contribution in [-0.4, -0.2) is 31.7 Å². The number of nitrogens with one attached hydrogen (secondary N) is 2. The second-order valence-corrected chi connectivity index (χ2v) is 6.21. The average Bonchev–Trinajstić information content (AvgIpc) is 2.47. The maximum atomic E-state index is 12.2. The zero-order chi connectivity index (χ0) is 15.2. The monoisotopic (exact) mass is 346 g/mol. The molecule has 2 unspecified atom stereocenters. The summed E-state index contributed by atoms with van der Waals surface area (Å²) in [5, 5.41) is 7.12. The molecular weight excluding hydrogens is 323 g/mol. The standard InChI is InChI=1S/C16H23ClN2O2.ClH/c1-11(2)16(12-3-5-13(17)6-4-12)19-15(20)9-14-10-21-8-7-18-14;/h3-6,11,14,16,18H,7-10H2,1-2H3,(H,19,20);1H. The summed E-state index contributed by atoms with van der Waals surface area (Å²) in [6, 6.07) is 7.75. The molecule has 0 aliphatic carbocycles. The van der Waals surface area contributed by atoms with Crippen LogP contribution < -0.4 is 10.6 Å². The predicted octanol–water partition coefficient (Wildman–Crippen LogP) is 2.95. The minimum atomic E-state index is -0.000671. The first kappa shape index (κ1) is 19.2. The number of carbonyl (C=O) groups excluding carboxylic acids is 1. The van der Waals surface area contributed by atoms with Crippen LogP contribution in [-0.2, 0) is 9.53 Å². The number of hydrogen-bond acceptors (Lipinski definition) is 3. The van der Waals surface area contributed by atoms with Gasteiger partial charge in [-0.25, -0.2) is 0 Å². The molecule has 1 saturated heterocycles. The molecule has 1 fully saturated rings. The molecule has 4 nitrogen and oxygen atoms in total. The number of morpholine rings is 1. The van der Waals surface area contributed by atoms with E-state index in [2.05, 4.69) is 24.5 Å². The van der Waals surface area contributed by atoms with Crippen molar-refractivity contribution in [1.82, 2.24) is 10.6 Å². The van der Waals surface area contributed by atoms with E-state index in [-0.39, 0.29) is 30.4 Å². The molecule has 1 aromatic rings. The first-order chi connectivity index (χ1) is 10.1. The van der Waals surface area contributed by atoms with Crippen molar-refractivity contribution in [3.05, 3.63) is 34.9 Å². The summed E-state index contributed by atoms with van der Waals surface area (Å²) in [7, 11) is 0. The highest BCUT2D eigenvalue weighted by Gasteiger charge is 2.21. The van der Waals surface area contributed by atoms with Crippen LogP contribution in [0.1, 0.15) is 31.9 Å². The van der Waals surface area contributed by atoms with Crippen LogP contribution in [0.2, 0.25) is 5.02 Å². The van der Waals surface area contributed by atoms with Gasteiger partial charge < -0.3 is 15.4 Å². The van der Waals surface area contributed by atoms with Crippen molar-refractivity contribution < 1.29 is 9.53 Å². The predicted molar refractivity (Wildman–Crippen MR) is 91.6 cm³/mol. The van der Waals surface area contributed by atoms with Crippen LogP contribution in [0.5, 0.6) is 0 Å². The quantitative estimate of drug-likeness (QED) is 0.861. The van der Waals surface area contributed by atoms with E-state index >= 15 is 0 Å². The highest BCUT2D eigenvalue weighted by atomic mass is 35.5. The minimum Gasteiger partial charge on any atom is -0.378 e. The second kappa shape index (κ2) is 9.36. The van der Waals surface area contributed by atoms with Gasteiger partial charge in [-0.1, -0.05) is 37.6 Å². The Morgan fingerprint density at radius 1 is 1.41 bits per heavy atom. The van der Waals surface area contributed by atoms with Gasteiger partial charge in [-0.3, -0.25) is 4.79 Å². The van der Waals surface area contributed by atoms with Gasteiger partial charge in [0.05, 0.1) is 19.3 Å². The van der Waals surface area contributed by atoms with Crippen molar-refractivity contribution in [2.24, 2.45) is 5.92 Å². The topological polar surface area (TPSA) is 50.4 Å². The van der Waals surface area contributed by atoms with Gasteiger partial charge >= 0.3 is 0 Å². The Hall–Kier alpha value is -0.810. The van der Waals surface area contributed by atoms with Gasteiger partial charge in [-0.05, 0) is 23.6 Å². The van der Waals surface area contributed by atoms with Crippen molar-refractivity contribution in [1.29, 1.82) is 0 Å². The molecule has 1 aliphatic heterocycles. The summed E-state index contributed by atoms with van der Waals surface area (Å²) in [4.78, 5) is 12.2. The third kappa shape index (κ3) is 5.76. The molecule has 6 heteroatoms. The molecule has 124 valence electrons. The number of benzene rings is 1. The third-order valence-corrected chi connectivity index (χ3v) is 3.89. The van der Waals surface area contributed by atoms with E-state index < -0.39 is 0 Å². The van der Waals surface area contributed by atoms with Crippen molar-refractivity contribution >= 4 is 29.9 Å². The molecule has 0 radical (unpaired) electrons. The number of halogens is 2. The van der Waals surface area contributed by atoms with Crippen LogP contribution >= 0.6 is 24.0 Å². The van der Waals surface area contributed by atoms with E-state index in [0.717, 1.165) is 18.7 Å². The molecule has 0 aromatic heterocycles. The van der Waals surface area contributed by atoms with E-state index in [1.165, 1.54) is 0 Å². The van der Waals surface area contributed by atoms with Crippen molar-refractivity contribution in [3.63, 3.8) is 0 Å². The molecule has 0 bridgehead atoms. The normalized spacial score (nSPS) is 19.4. The molecule has 0 saturated carbocycles. The molecule has 2 atom stereocenters. The first-order valence-corrected chi connectivity index (χ1v) is 7.80. The summed E-state index contributed by atoms with van der Waals surface area (Å²) < 4.78 is 5.38. The van der Waals surface area contributed by atoms with Gasteiger partial charge in [0.25, 0.3) is 0 Å². The fraction of sp³-hybridized carbons (Fsp3) is 0.562. The third-order valence-electron chi connectivity index (χ3n) is 3.64. The Labute approximate surface area is 143 Å². The van der Waals surface area contributed by atoms with Gasteiger partial charge in [-0.2, -0.15) is 0 Å². The first-order valence-electron chi connectivity index (χ1n) is 7.42. The lowest BCUT2D eigenvalue weighted by molar-refractivity contribution is -0.123. The van der Waals surface area contributed by atoms with Crippen molar-refractivity contribution in [2.45, 2.75) is 32.4 Å². The van der Waals surface area contributed by atoms with E-state index in [0.29, 0.717) is 24.0 Å². The number of rotatable bonds is 5. The number of carbonyl (C=O) groups is 1. The maximum Gasteiger partial charge on any atom is 0.222 e. The molecule has 2 rings (SSSR count). The lowest BCUT2D eigenvalue weighted by Gasteiger charge is -2.26. The molecule has 22 heavy (non-hydrogen) atoms. The molecule has 1 aromatic carbocycles. The Balaban J connectivity index is 0.00000242. The Morgan fingerprint density at radius 3 is 2.64 bits per heavy atom. The highest BCUT2D eigenvalue weighted by molar-refractivity contribution is 6.30. The van der Waals surface area contributed by atoms with Gasteiger partial charge in [0.15, 0.2) is 0 Å². The Bertz CT molecular complexity index is 460. The molecule has 1 heterocycles. The largest absolute Gasteiger partial charge is 0.378 e. The summed E-state index contributed by atoms with van der Waals surface area (Å²) in [5.41, 5.74) is 1.08. The fourth-order valence-corrected chi connectivity index (χ4v) is 2.64. The summed E-state index contributed by atoms with van der Waals surface area (Å²) in [6.07, 6.45) is 0.441. The zero-order valence-electron chi connectivity index (χ0n) is 13.0. The number of amides is 1. The van der Waals surface area contributed by atoms with Gasteiger partial charge in [0.2, 0.25) is 5.91 Å². The fourth-order valence-electron chi connectivity index (χ4n) is 2.51. The summed E-state index contributed by atoms with van der Waals surface area (Å²) in [5.74, 6) is 0.359. The van der Waals surface area contributed by atoms with Gasteiger partial charge in [-0.15, -0.1) is 12.4 Å². The smallest absolute Gasteiger partial charge is 0.222 e. The van der Waals surface area contributed by atoms with Crippen LogP contribution in [0, 0.1) is 5.92 Å². The lowest BCUT2D eigenvalue weighted by Crippen LogP contribution is -2.45. The molecule has 1 amide bonds. The van der Waals surface area contributed by atoms with Gasteiger partial charge in [0.1, 0.15) is 0 Å². The maximum absolute atomic E-state index is 12.2. The molecular formula is C16H24Cl2N2O2. The van der Waals surface area contributed by atoms with E-state index in [9.17, 15) is 4.79 Å². The summed E-state index contributed by atoms with van der Waals surface area (Å²) in [6.45, 7) is 6.32. The Kier molecular flexibility index (Phi) is 8.18. The highest BCUT2D eigenvalue weighted by Crippen LogP contribution is 2.23. The van der Waals surface area contributed by atoms with Crippen molar-refractivity contribution in [2.75, 3.05) is 19.8 Å². The average molecular weight is 347 g/mol. The molecule has 2 N–H and O–H groups in total. The van der Waals surface area contributed by atoms with Crippen LogP contribution in [0.4, 0.5) is 0 Å². The van der Waals surface area contributed by atoms with E-state index in [4.69, 9.17) is 16.3 Å². The van der Waals surface area contributed by atoms with Crippen LogP contribution in [0.25, 0.3) is 0 Å². The molecule has 1 aliphatic rings. The number of ether oxygens (including phenoxy) is 1. The SMILES string of the molecule is CC(C)C(NC(=O)CC1COCCN1)c1ccc(Cl)cc1.Cl. The summed E-state index contributed by atoms with van der Waals surface area (Å²) >= 11 is 5.92. The van der Waals surface area contributed by atoms with Gasteiger partial charge in [0, 0.05) is 24.0 Å². The lowest BCUT2D eigenvalue weighted by atomic mass is 9.95. The van der Waals surface area contributed by atoms with Crippen molar-refractivity contribution in [3.8, 4) is 0 Å². The van der Waals surface area contributed by atoms with Crippen LogP contribution in [0.15, 0.2) is 24.3 Å². The van der Waals surface area contributed by atoms with E-state index in [1.54, 1.807) is 0 Å². The Morgan fingerprint density at radius 2 is 2.09 bits per heavy atom. The van der Waals surface area contributed by atoms with Crippen LogP contribution in [0.3, 0.4) is 0 Å². The minimum absolute atomic E-state index is 0. The number of hydrogen-bond donors (Lipinski definition) is 2. The second-order valence-electron chi connectivity index (χ2n) is 5.77. The van der Waals surface area contributed by atoms with E-state index in [1.807, 2.05) is 24.3 Å². The molecule has 0 spiro atoms. The zero-order valence-corrected chi connectivity index (χ0v) is 14.5.